The largest absolute Gasteiger partial charge is 0.398 e. The summed E-state index contributed by atoms with van der Waals surface area (Å²) in [6, 6.07) is 3.75. The summed E-state index contributed by atoms with van der Waals surface area (Å²) >= 11 is 0. The van der Waals surface area contributed by atoms with Crippen LogP contribution in [-0.4, -0.2) is 24.7 Å². The molecule has 0 saturated carbocycles. The molecule has 1 heterocycles. The van der Waals surface area contributed by atoms with E-state index in [1.807, 2.05) is 6.92 Å². The van der Waals surface area contributed by atoms with Crippen molar-refractivity contribution in [1.82, 2.24) is 5.32 Å². The van der Waals surface area contributed by atoms with Crippen molar-refractivity contribution in [3.63, 3.8) is 0 Å². The lowest BCUT2D eigenvalue weighted by molar-refractivity contribution is 0.0867. The molecule has 2 atom stereocenters. The molecular formula is C12H15FN2O2. The number of nitrogen functional groups attached to an aromatic ring is 1. The summed E-state index contributed by atoms with van der Waals surface area (Å²) in [5.41, 5.74) is 6.04. The quantitative estimate of drug-likeness (QED) is 0.764. The molecule has 5 heteroatoms. The SMILES string of the molecule is CC1OCCC1NC(=O)c1ccc(F)cc1N. The number of carbonyl (C=O) groups is 1. The van der Waals surface area contributed by atoms with Gasteiger partial charge in [-0.3, -0.25) is 4.79 Å². The fourth-order valence-electron chi connectivity index (χ4n) is 1.91. The number of nitrogens with two attached hydrogens (primary N) is 1. The number of amides is 1. The van der Waals surface area contributed by atoms with Crippen molar-refractivity contribution < 1.29 is 13.9 Å². The minimum absolute atomic E-state index is 0.000577. The maximum atomic E-state index is 12.8. The molecule has 3 N–H and O–H groups in total. The Kier molecular flexibility index (Phi) is 3.28. The van der Waals surface area contributed by atoms with Gasteiger partial charge in [-0.1, -0.05) is 0 Å². The fraction of sp³-hybridized carbons (Fsp3) is 0.417. The smallest absolute Gasteiger partial charge is 0.253 e. The van der Waals surface area contributed by atoms with E-state index in [4.69, 9.17) is 10.5 Å². The summed E-state index contributed by atoms with van der Waals surface area (Å²) in [6.07, 6.45) is 0.786. The van der Waals surface area contributed by atoms with E-state index in [0.29, 0.717) is 12.2 Å². The van der Waals surface area contributed by atoms with Crippen LogP contribution in [-0.2, 0) is 4.74 Å². The van der Waals surface area contributed by atoms with E-state index in [-0.39, 0.29) is 23.7 Å². The number of halogens is 1. The van der Waals surface area contributed by atoms with Crippen LogP contribution in [0.3, 0.4) is 0 Å². The van der Waals surface area contributed by atoms with Crippen molar-refractivity contribution in [2.45, 2.75) is 25.5 Å². The van der Waals surface area contributed by atoms with Gasteiger partial charge in [-0.25, -0.2) is 4.39 Å². The zero-order valence-corrected chi connectivity index (χ0v) is 9.57. The highest BCUT2D eigenvalue weighted by Gasteiger charge is 2.26. The summed E-state index contributed by atoms with van der Waals surface area (Å²) in [5, 5.41) is 2.84. The first-order valence-corrected chi connectivity index (χ1v) is 5.55. The average Bonchev–Trinajstić information content (AvgIpc) is 2.64. The summed E-state index contributed by atoms with van der Waals surface area (Å²) in [4.78, 5) is 11.9. The molecule has 1 amide bonds. The minimum Gasteiger partial charge on any atom is -0.398 e. The molecule has 0 spiro atoms. The van der Waals surface area contributed by atoms with Crippen molar-refractivity contribution in [2.75, 3.05) is 12.3 Å². The van der Waals surface area contributed by atoms with Gasteiger partial charge in [0.1, 0.15) is 5.82 Å². The molecule has 0 bridgehead atoms. The van der Waals surface area contributed by atoms with Gasteiger partial charge in [0.05, 0.1) is 17.7 Å². The normalized spacial score (nSPS) is 23.6. The van der Waals surface area contributed by atoms with Gasteiger partial charge in [0.25, 0.3) is 5.91 Å². The molecule has 1 saturated heterocycles. The third-order valence-corrected chi connectivity index (χ3v) is 2.95. The highest BCUT2D eigenvalue weighted by molar-refractivity contribution is 5.99. The van der Waals surface area contributed by atoms with E-state index in [9.17, 15) is 9.18 Å². The van der Waals surface area contributed by atoms with Crippen LogP contribution in [0.2, 0.25) is 0 Å². The predicted molar refractivity (Wildman–Crippen MR) is 62.1 cm³/mol. The zero-order valence-electron chi connectivity index (χ0n) is 9.57. The third kappa shape index (κ3) is 2.55. The van der Waals surface area contributed by atoms with Crippen LogP contribution in [0.1, 0.15) is 23.7 Å². The Bertz CT molecular complexity index is 437. The molecule has 1 aromatic rings. The van der Waals surface area contributed by atoms with Crippen molar-refractivity contribution in [2.24, 2.45) is 0 Å². The van der Waals surface area contributed by atoms with Crippen LogP contribution in [0.15, 0.2) is 18.2 Å². The van der Waals surface area contributed by atoms with E-state index in [0.717, 1.165) is 12.5 Å². The van der Waals surface area contributed by atoms with Gasteiger partial charge >= 0.3 is 0 Å². The Morgan fingerprint density at radius 2 is 2.35 bits per heavy atom. The molecule has 0 aliphatic carbocycles. The van der Waals surface area contributed by atoms with Gasteiger partial charge in [0.15, 0.2) is 0 Å². The number of ether oxygens (including phenoxy) is 1. The number of carbonyl (C=O) groups excluding carboxylic acids is 1. The number of benzene rings is 1. The Balaban J connectivity index is 2.09. The Hall–Kier alpha value is -1.62. The van der Waals surface area contributed by atoms with E-state index in [1.54, 1.807) is 0 Å². The molecule has 92 valence electrons. The fourth-order valence-corrected chi connectivity index (χ4v) is 1.91. The lowest BCUT2D eigenvalue weighted by Gasteiger charge is -2.16. The van der Waals surface area contributed by atoms with Gasteiger partial charge in [-0.2, -0.15) is 0 Å². The highest BCUT2D eigenvalue weighted by atomic mass is 19.1. The van der Waals surface area contributed by atoms with E-state index in [2.05, 4.69) is 5.32 Å². The van der Waals surface area contributed by atoms with Crippen molar-refractivity contribution in [1.29, 1.82) is 0 Å². The van der Waals surface area contributed by atoms with Crippen LogP contribution in [0.4, 0.5) is 10.1 Å². The van der Waals surface area contributed by atoms with Crippen LogP contribution >= 0.6 is 0 Å². The van der Waals surface area contributed by atoms with Crippen molar-refractivity contribution in [3.05, 3.63) is 29.6 Å². The monoisotopic (exact) mass is 238 g/mol. The molecule has 17 heavy (non-hydrogen) atoms. The maximum Gasteiger partial charge on any atom is 0.253 e. The van der Waals surface area contributed by atoms with Gasteiger partial charge < -0.3 is 15.8 Å². The van der Waals surface area contributed by atoms with Crippen LogP contribution < -0.4 is 11.1 Å². The number of nitrogens with one attached hydrogen (secondary N) is 1. The Morgan fingerprint density at radius 3 is 2.94 bits per heavy atom. The average molecular weight is 238 g/mol. The topological polar surface area (TPSA) is 64.3 Å². The third-order valence-electron chi connectivity index (χ3n) is 2.95. The number of hydrogen-bond acceptors (Lipinski definition) is 3. The summed E-state index contributed by atoms with van der Waals surface area (Å²) < 4.78 is 18.2. The van der Waals surface area contributed by atoms with Gasteiger partial charge in [0.2, 0.25) is 0 Å². The standard InChI is InChI=1S/C12H15FN2O2/c1-7-11(4-5-17-7)15-12(16)9-3-2-8(13)6-10(9)14/h2-3,6-7,11H,4-5,14H2,1H3,(H,15,16). The molecule has 1 aromatic carbocycles. The second-order valence-corrected chi connectivity index (χ2v) is 4.18. The summed E-state index contributed by atoms with van der Waals surface area (Å²) in [7, 11) is 0. The van der Waals surface area contributed by atoms with E-state index < -0.39 is 5.82 Å². The second-order valence-electron chi connectivity index (χ2n) is 4.18. The molecule has 1 aliphatic heterocycles. The maximum absolute atomic E-state index is 12.8. The van der Waals surface area contributed by atoms with Gasteiger partial charge in [0, 0.05) is 12.3 Å². The summed E-state index contributed by atoms with van der Waals surface area (Å²) in [5.74, 6) is -0.735. The molecule has 0 aromatic heterocycles. The van der Waals surface area contributed by atoms with Crippen LogP contribution in [0.25, 0.3) is 0 Å². The molecule has 2 rings (SSSR count). The molecule has 1 fully saturated rings. The number of anilines is 1. The lowest BCUT2D eigenvalue weighted by atomic mass is 10.1. The first kappa shape index (κ1) is 11.9. The van der Waals surface area contributed by atoms with Crippen LogP contribution in [0.5, 0.6) is 0 Å². The molecular weight excluding hydrogens is 223 g/mol. The first-order chi connectivity index (χ1) is 8.08. The minimum atomic E-state index is -0.448. The van der Waals surface area contributed by atoms with Gasteiger partial charge in [-0.15, -0.1) is 0 Å². The second kappa shape index (κ2) is 4.71. The predicted octanol–water partition coefficient (Wildman–Crippen LogP) is 1.32. The number of rotatable bonds is 2. The Labute approximate surface area is 98.9 Å². The molecule has 2 unspecified atom stereocenters. The summed E-state index contributed by atoms with van der Waals surface area (Å²) in [6.45, 7) is 2.55. The van der Waals surface area contributed by atoms with Gasteiger partial charge in [-0.05, 0) is 31.5 Å². The van der Waals surface area contributed by atoms with E-state index in [1.165, 1.54) is 12.1 Å². The lowest BCUT2D eigenvalue weighted by Crippen LogP contribution is -2.39. The number of hydrogen-bond donors (Lipinski definition) is 2. The zero-order chi connectivity index (χ0) is 12.4. The Morgan fingerprint density at radius 1 is 1.59 bits per heavy atom. The molecule has 0 radical (unpaired) electrons. The van der Waals surface area contributed by atoms with Crippen LogP contribution in [0, 0.1) is 5.82 Å². The van der Waals surface area contributed by atoms with Crippen molar-refractivity contribution >= 4 is 11.6 Å². The van der Waals surface area contributed by atoms with Crippen molar-refractivity contribution in [3.8, 4) is 0 Å². The van der Waals surface area contributed by atoms with E-state index >= 15 is 0 Å². The molecule has 1 aliphatic rings. The first-order valence-electron chi connectivity index (χ1n) is 5.55. The molecule has 4 nitrogen and oxygen atoms in total. The highest BCUT2D eigenvalue weighted by Crippen LogP contribution is 2.16.